The molecule has 1 aromatic heterocycles. The lowest BCUT2D eigenvalue weighted by Crippen LogP contribution is -2.35. The normalized spacial score (nSPS) is 28.3. The van der Waals surface area contributed by atoms with E-state index in [4.69, 9.17) is 9.72 Å². The largest absolute Gasteiger partial charge is 0.496 e. The first-order chi connectivity index (χ1) is 10.2. The van der Waals surface area contributed by atoms with Crippen LogP contribution in [-0.4, -0.2) is 24.7 Å². The number of aromatic nitrogens is 1. The van der Waals surface area contributed by atoms with Gasteiger partial charge in [-0.2, -0.15) is 0 Å². The van der Waals surface area contributed by atoms with Crippen molar-refractivity contribution in [3.63, 3.8) is 0 Å². The number of methoxy groups -OCH3 is 1. The Morgan fingerprint density at radius 1 is 1.33 bits per heavy atom. The molecule has 3 rings (SSSR count). The van der Waals surface area contributed by atoms with Crippen LogP contribution in [0, 0.1) is 31.6 Å². The van der Waals surface area contributed by atoms with E-state index in [1.807, 2.05) is 6.20 Å². The second-order valence-corrected chi connectivity index (χ2v) is 6.75. The minimum atomic E-state index is 0.587. The second kappa shape index (κ2) is 5.96. The third-order valence-electron chi connectivity index (χ3n) is 5.57. The lowest BCUT2D eigenvalue weighted by molar-refractivity contribution is 0.396. The molecular weight excluding hydrogens is 260 g/mol. The smallest absolute Gasteiger partial charge is 0.128 e. The number of rotatable bonds is 6. The van der Waals surface area contributed by atoms with Crippen LogP contribution in [0.25, 0.3) is 0 Å². The molecule has 3 heteroatoms. The first kappa shape index (κ1) is 14.8. The molecule has 0 aromatic carbocycles. The van der Waals surface area contributed by atoms with E-state index in [2.05, 4.69) is 26.1 Å². The molecule has 0 amide bonds. The summed E-state index contributed by atoms with van der Waals surface area (Å²) < 4.78 is 5.55. The average molecular weight is 288 g/mol. The van der Waals surface area contributed by atoms with E-state index >= 15 is 0 Å². The molecule has 3 atom stereocenters. The Labute approximate surface area is 128 Å². The van der Waals surface area contributed by atoms with Crippen molar-refractivity contribution in [2.45, 2.75) is 52.5 Å². The van der Waals surface area contributed by atoms with Crippen LogP contribution < -0.4 is 10.1 Å². The highest BCUT2D eigenvalue weighted by molar-refractivity contribution is 5.41. The molecular formula is C18H28N2O. The summed E-state index contributed by atoms with van der Waals surface area (Å²) in [6.45, 7) is 7.46. The summed E-state index contributed by atoms with van der Waals surface area (Å²) in [6.07, 6.45) is 7.33. The van der Waals surface area contributed by atoms with Gasteiger partial charge in [0.25, 0.3) is 0 Å². The molecule has 2 fully saturated rings. The van der Waals surface area contributed by atoms with E-state index in [0.29, 0.717) is 6.04 Å². The van der Waals surface area contributed by atoms with Gasteiger partial charge in [0.15, 0.2) is 0 Å². The van der Waals surface area contributed by atoms with Crippen molar-refractivity contribution >= 4 is 0 Å². The Bertz CT molecular complexity index is 504. The first-order valence-electron chi connectivity index (χ1n) is 8.39. The summed E-state index contributed by atoms with van der Waals surface area (Å²) in [7, 11) is 1.76. The van der Waals surface area contributed by atoms with Crippen molar-refractivity contribution in [3.8, 4) is 5.75 Å². The molecule has 0 saturated heterocycles. The third-order valence-corrected chi connectivity index (χ3v) is 5.57. The molecule has 2 saturated carbocycles. The monoisotopic (exact) mass is 288 g/mol. The topological polar surface area (TPSA) is 34.2 Å². The van der Waals surface area contributed by atoms with Crippen LogP contribution >= 0.6 is 0 Å². The molecule has 1 heterocycles. The summed E-state index contributed by atoms with van der Waals surface area (Å²) in [4.78, 5) is 4.69. The fourth-order valence-corrected chi connectivity index (χ4v) is 4.57. The molecule has 0 bridgehead atoms. The van der Waals surface area contributed by atoms with Crippen LogP contribution in [-0.2, 0) is 6.42 Å². The van der Waals surface area contributed by atoms with Gasteiger partial charge in [-0.15, -0.1) is 0 Å². The molecule has 0 radical (unpaired) electrons. The molecule has 116 valence electrons. The molecule has 2 aliphatic rings. The Balaban J connectivity index is 1.77. The van der Waals surface area contributed by atoms with Crippen molar-refractivity contribution in [3.05, 3.63) is 23.0 Å². The van der Waals surface area contributed by atoms with E-state index in [1.165, 1.54) is 30.5 Å². The van der Waals surface area contributed by atoms with Crippen molar-refractivity contribution in [1.29, 1.82) is 0 Å². The van der Waals surface area contributed by atoms with Crippen LogP contribution in [0.3, 0.4) is 0 Å². The molecule has 1 N–H and O–H groups in total. The molecule has 0 spiro atoms. The molecule has 2 aliphatic carbocycles. The van der Waals surface area contributed by atoms with Gasteiger partial charge in [-0.05, 0) is 51.0 Å². The van der Waals surface area contributed by atoms with E-state index in [0.717, 1.165) is 42.0 Å². The quantitative estimate of drug-likeness (QED) is 0.872. The molecule has 3 nitrogen and oxygen atoms in total. The Morgan fingerprint density at radius 3 is 2.67 bits per heavy atom. The number of aryl methyl sites for hydroxylation is 1. The highest BCUT2D eigenvalue weighted by Crippen LogP contribution is 2.59. The average Bonchev–Trinajstić information content (AvgIpc) is 2.94. The van der Waals surface area contributed by atoms with Crippen LogP contribution in [0.1, 0.15) is 43.0 Å². The standard InChI is InChI=1S/C18H28N2O/c1-5-19-16(17-13-7-6-8-14(13)17)9-15-12(3)18(21-4)11(2)10-20-15/h10,13-14,16-17,19H,5-9H2,1-4H3. The number of nitrogens with one attached hydrogen (secondary N) is 1. The zero-order valence-electron chi connectivity index (χ0n) is 13.8. The first-order valence-corrected chi connectivity index (χ1v) is 8.39. The van der Waals surface area contributed by atoms with Gasteiger partial charge in [0.05, 0.1) is 7.11 Å². The van der Waals surface area contributed by atoms with Gasteiger partial charge < -0.3 is 10.1 Å². The van der Waals surface area contributed by atoms with E-state index in [9.17, 15) is 0 Å². The van der Waals surface area contributed by atoms with Gasteiger partial charge in [0.2, 0.25) is 0 Å². The fourth-order valence-electron chi connectivity index (χ4n) is 4.57. The summed E-state index contributed by atoms with van der Waals surface area (Å²) in [5.41, 5.74) is 3.54. The number of pyridine rings is 1. The molecule has 21 heavy (non-hydrogen) atoms. The number of fused-ring (bicyclic) bond motifs is 1. The van der Waals surface area contributed by atoms with Crippen molar-refractivity contribution < 1.29 is 4.74 Å². The molecule has 1 aromatic rings. The summed E-state index contributed by atoms with van der Waals surface area (Å²) in [5, 5.41) is 3.72. The van der Waals surface area contributed by atoms with Gasteiger partial charge >= 0.3 is 0 Å². The van der Waals surface area contributed by atoms with Crippen LogP contribution in [0.4, 0.5) is 0 Å². The number of ether oxygens (including phenoxy) is 1. The Morgan fingerprint density at radius 2 is 2.05 bits per heavy atom. The molecule has 0 aliphatic heterocycles. The number of hydrogen-bond acceptors (Lipinski definition) is 3. The SMILES string of the molecule is CCNC(Cc1ncc(C)c(OC)c1C)C1C2CCCC21. The predicted octanol–water partition coefficient (Wildman–Crippen LogP) is 3.27. The van der Waals surface area contributed by atoms with Crippen molar-refractivity contribution in [1.82, 2.24) is 10.3 Å². The van der Waals surface area contributed by atoms with Crippen molar-refractivity contribution in [2.75, 3.05) is 13.7 Å². The molecule has 3 unspecified atom stereocenters. The maximum absolute atomic E-state index is 5.55. The second-order valence-electron chi connectivity index (χ2n) is 6.75. The number of hydrogen-bond donors (Lipinski definition) is 1. The number of likely N-dealkylation sites (N-methyl/N-ethyl adjacent to an activating group) is 1. The van der Waals surface area contributed by atoms with E-state index in [1.54, 1.807) is 7.11 Å². The van der Waals surface area contributed by atoms with Gasteiger partial charge in [-0.25, -0.2) is 0 Å². The van der Waals surface area contributed by atoms with Crippen molar-refractivity contribution in [2.24, 2.45) is 17.8 Å². The van der Waals surface area contributed by atoms with Gasteiger partial charge in [0, 0.05) is 35.5 Å². The van der Waals surface area contributed by atoms with Crippen LogP contribution in [0.15, 0.2) is 6.20 Å². The highest BCUT2D eigenvalue weighted by Gasteiger charge is 2.55. The Hall–Kier alpha value is -1.09. The van der Waals surface area contributed by atoms with E-state index < -0.39 is 0 Å². The minimum Gasteiger partial charge on any atom is -0.496 e. The predicted molar refractivity (Wildman–Crippen MR) is 85.8 cm³/mol. The van der Waals surface area contributed by atoms with Crippen LogP contribution in [0.5, 0.6) is 5.75 Å². The zero-order valence-corrected chi connectivity index (χ0v) is 13.8. The third kappa shape index (κ3) is 2.68. The summed E-state index contributed by atoms with van der Waals surface area (Å²) in [5.74, 6) is 3.86. The number of nitrogens with zero attached hydrogens (tertiary/aromatic N) is 1. The van der Waals surface area contributed by atoms with Gasteiger partial charge in [0.1, 0.15) is 5.75 Å². The maximum Gasteiger partial charge on any atom is 0.128 e. The lowest BCUT2D eigenvalue weighted by Gasteiger charge is -2.21. The maximum atomic E-state index is 5.55. The Kier molecular flexibility index (Phi) is 4.21. The van der Waals surface area contributed by atoms with Gasteiger partial charge in [-0.3, -0.25) is 4.98 Å². The van der Waals surface area contributed by atoms with Gasteiger partial charge in [-0.1, -0.05) is 13.3 Å². The van der Waals surface area contributed by atoms with E-state index in [-0.39, 0.29) is 0 Å². The summed E-state index contributed by atoms with van der Waals surface area (Å²) >= 11 is 0. The fraction of sp³-hybridized carbons (Fsp3) is 0.722. The minimum absolute atomic E-state index is 0.587. The lowest BCUT2D eigenvalue weighted by atomic mass is 9.97. The highest BCUT2D eigenvalue weighted by atomic mass is 16.5. The summed E-state index contributed by atoms with van der Waals surface area (Å²) in [6, 6.07) is 0.587. The zero-order chi connectivity index (χ0) is 15.0. The van der Waals surface area contributed by atoms with Crippen LogP contribution in [0.2, 0.25) is 0 Å².